The molecule has 0 saturated carbocycles. The van der Waals surface area contributed by atoms with Crippen molar-refractivity contribution in [2.45, 2.75) is 43.8 Å². The summed E-state index contributed by atoms with van der Waals surface area (Å²) in [5, 5.41) is 24.4. The van der Waals surface area contributed by atoms with Gasteiger partial charge in [0.2, 0.25) is 17.7 Å². The molecular weight excluding hydrogens is 542 g/mol. The number of carbonyl (C=O) groups excluding carboxylic acids is 3. The van der Waals surface area contributed by atoms with E-state index in [9.17, 15) is 24.6 Å². The molecule has 2 aromatic rings. The fraction of sp³-hybridized carbons (Fsp3) is 0.393. The largest absolute Gasteiger partial charge is 0.508 e. The average Bonchev–Trinajstić information content (AvgIpc) is 2.94. The average molecular weight is 584 g/mol. The normalized spacial score (nSPS) is 12.7. The molecule has 2 rings (SSSR count). The molecule has 0 aliphatic rings. The minimum Gasteiger partial charge on any atom is -0.508 e. The Morgan fingerprint density at radius 3 is 2.07 bits per heavy atom. The Morgan fingerprint density at radius 1 is 0.857 bits per heavy atom. The third-order valence-corrected chi connectivity index (χ3v) is 6.26. The van der Waals surface area contributed by atoms with E-state index < -0.39 is 35.8 Å². The molecule has 14 nitrogen and oxygen atoms in total. The van der Waals surface area contributed by atoms with Gasteiger partial charge in [0.25, 0.3) is 0 Å². The smallest absolute Gasteiger partial charge is 0.245 e. The molecule has 0 bridgehead atoms. The monoisotopic (exact) mass is 583 g/mol. The zero-order valence-corrected chi connectivity index (χ0v) is 23.6. The first kappa shape index (κ1) is 33.4. The summed E-state index contributed by atoms with van der Waals surface area (Å²) in [6, 6.07) is 12.2. The molecule has 0 saturated heterocycles. The van der Waals surface area contributed by atoms with Crippen LogP contribution in [0.5, 0.6) is 5.75 Å². The molecule has 0 unspecified atom stereocenters. The van der Waals surface area contributed by atoms with E-state index in [4.69, 9.17) is 22.9 Å². The molecule has 0 fully saturated rings. The first-order valence-electron chi connectivity index (χ1n) is 13.4. The summed E-state index contributed by atoms with van der Waals surface area (Å²) in [5.41, 5.74) is 23.5. The Labute approximate surface area is 244 Å². The van der Waals surface area contributed by atoms with Crippen LogP contribution in [0.15, 0.2) is 64.6 Å². The van der Waals surface area contributed by atoms with Gasteiger partial charge in [-0.15, -0.1) is 0 Å². The molecule has 3 atom stereocenters. The van der Waals surface area contributed by atoms with Crippen molar-refractivity contribution >= 4 is 29.6 Å². The van der Waals surface area contributed by atoms with Crippen LogP contribution in [0.1, 0.15) is 24.0 Å². The number of rotatable bonds is 16. The fourth-order valence-corrected chi connectivity index (χ4v) is 4.12. The number of nitrogens with one attached hydrogen (secondary N) is 2. The number of phenols is 1. The zero-order chi connectivity index (χ0) is 31.1. The number of likely N-dealkylation sites (N-methyl/N-ethyl adjacent to an activating group) is 1. The topological polar surface area (TPSA) is 248 Å². The number of hydrogen-bond acceptors (Lipinski definition) is 7. The standard InChI is InChI=1S/C28H41N9O5/c1-37(14-15-38)26(42)23(17-18-6-3-2-4-7-18)35-24(40)21(8-5-13-33-27(29)30)34-25(41)22(36-28(31)32)16-19-9-11-20(39)12-10-19/h2-4,6-7,9-12,21-23,38-39H,5,8,13-17H2,1H3,(H,34,41)(H,35,40)(H4,29,30,33)(H4,31,32,36)/t21-,22+,23+/m1/s1. The second-order valence-electron chi connectivity index (χ2n) is 9.68. The molecule has 228 valence electrons. The number of nitrogens with two attached hydrogens (primary N) is 4. The predicted octanol–water partition coefficient (Wildman–Crippen LogP) is -1.71. The second kappa shape index (κ2) is 17.1. The van der Waals surface area contributed by atoms with Crippen LogP contribution < -0.4 is 33.6 Å². The Bertz CT molecular complexity index is 1210. The summed E-state index contributed by atoms with van der Waals surface area (Å²) in [5.74, 6) is -2.00. The molecule has 12 N–H and O–H groups in total. The van der Waals surface area contributed by atoms with E-state index in [1.54, 1.807) is 12.1 Å². The van der Waals surface area contributed by atoms with Gasteiger partial charge in [-0.3, -0.25) is 19.4 Å². The van der Waals surface area contributed by atoms with E-state index in [1.165, 1.54) is 24.1 Å². The van der Waals surface area contributed by atoms with Crippen LogP contribution in [0.25, 0.3) is 0 Å². The van der Waals surface area contributed by atoms with E-state index in [0.29, 0.717) is 12.0 Å². The number of aliphatic hydroxyl groups is 1. The van der Waals surface area contributed by atoms with Crippen molar-refractivity contribution in [3.63, 3.8) is 0 Å². The van der Waals surface area contributed by atoms with Crippen molar-refractivity contribution in [2.24, 2.45) is 32.9 Å². The van der Waals surface area contributed by atoms with Gasteiger partial charge in [-0.2, -0.15) is 0 Å². The molecule has 42 heavy (non-hydrogen) atoms. The van der Waals surface area contributed by atoms with Crippen LogP contribution in [0, 0.1) is 0 Å². The SMILES string of the molecule is CN(CCO)C(=O)[C@H](Cc1ccccc1)NC(=O)[C@@H](CCCN=C(N)N)NC(=O)[C@H](Cc1ccc(O)cc1)N=C(N)N. The van der Waals surface area contributed by atoms with E-state index in [-0.39, 0.29) is 56.6 Å². The second-order valence-corrected chi connectivity index (χ2v) is 9.68. The maximum atomic E-state index is 13.6. The quantitative estimate of drug-likeness (QED) is 0.0636. The van der Waals surface area contributed by atoms with E-state index in [0.717, 1.165) is 5.56 Å². The lowest BCUT2D eigenvalue weighted by molar-refractivity contribution is -0.136. The number of aromatic hydroxyl groups is 1. The highest BCUT2D eigenvalue weighted by Gasteiger charge is 2.30. The van der Waals surface area contributed by atoms with E-state index in [2.05, 4.69) is 20.6 Å². The molecule has 0 radical (unpaired) electrons. The number of nitrogens with zero attached hydrogens (tertiary/aromatic N) is 3. The Hall–Kier alpha value is -4.85. The van der Waals surface area contributed by atoms with Crippen LogP contribution >= 0.6 is 0 Å². The van der Waals surface area contributed by atoms with Crippen LogP contribution in [0.4, 0.5) is 0 Å². The van der Waals surface area contributed by atoms with Crippen molar-refractivity contribution in [1.82, 2.24) is 15.5 Å². The summed E-state index contributed by atoms with van der Waals surface area (Å²) in [6.07, 6.45) is 0.754. The summed E-state index contributed by atoms with van der Waals surface area (Å²) in [4.78, 5) is 49.5. The van der Waals surface area contributed by atoms with Crippen LogP contribution in [-0.4, -0.2) is 89.6 Å². The number of phenolic OH excluding ortho intramolecular Hbond substituents is 1. The van der Waals surface area contributed by atoms with Gasteiger partial charge in [-0.1, -0.05) is 42.5 Å². The molecular formula is C28H41N9O5. The van der Waals surface area contributed by atoms with Crippen molar-refractivity contribution in [3.8, 4) is 5.75 Å². The highest BCUT2D eigenvalue weighted by Crippen LogP contribution is 2.14. The highest BCUT2D eigenvalue weighted by molar-refractivity contribution is 5.94. The lowest BCUT2D eigenvalue weighted by atomic mass is 10.0. The van der Waals surface area contributed by atoms with Crippen LogP contribution in [0.3, 0.4) is 0 Å². The van der Waals surface area contributed by atoms with Crippen molar-refractivity contribution in [3.05, 3.63) is 65.7 Å². The van der Waals surface area contributed by atoms with Crippen LogP contribution in [-0.2, 0) is 27.2 Å². The Kier molecular flexibility index (Phi) is 13.6. The van der Waals surface area contributed by atoms with Gasteiger partial charge in [-0.05, 0) is 36.1 Å². The number of hydrogen-bond donors (Lipinski definition) is 8. The summed E-state index contributed by atoms with van der Waals surface area (Å²) < 4.78 is 0. The third-order valence-electron chi connectivity index (χ3n) is 6.26. The minimum atomic E-state index is -1.09. The molecule has 0 heterocycles. The number of amides is 3. The van der Waals surface area contributed by atoms with E-state index >= 15 is 0 Å². The van der Waals surface area contributed by atoms with Gasteiger partial charge in [0.15, 0.2) is 11.9 Å². The number of aliphatic imine (C=N–C) groups is 2. The van der Waals surface area contributed by atoms with Gasteiger partial charge in [0.1, 0.15) is 23.9 Å². The molecule has 0 aliphatic carbocycles. The number of benzene rings is 2. The number of carbonyl (C=O) groups is 3. The van der Waals surface area contributed by atoms with Gasteiger partial charge >= 0.3 is 0 Å². The predicted molar refractivity (Wildman–Crippen MR) is 160 cm³/mol. The zero-order valence-electron chi connectivity index (χ0n) is 23.6. The molecule has 0 spiro atoms. The van der Waals surface area contributed by atoms with Crippen molar-refractivity contribution in [1.29, 1.82) is 0 Å². The number of guanidine groups is 2. The molecule has 3 amide bonds. The lowest BCUT2D eigenvalue weighted by Gasteiger charge is -2.27. The lowest BCUT2D eigenvalue weighted by Crippen LogP contribution is -2.56. The van der Waals surface area contributed by atoms with E-state index in [1.807, 2.05) is 30.3 Å². The van der Waals surface area contributed by atoms with Gasteiger partial charge in [-0.25, -0.2) is 4.99 Å². The molecule has 0 aromatic heterocycles. The van der Waals surface area contributed by atoms with Crippen molar-refractivity contribution < 1.29 is 24.6 Å². The summed E-state index contributed by atoms with van der Waals surface area (Å²) >= 11 is 0. The first-order chi connectivity index (χ1) is 20.0. The maximum Gasteiger partial charge on any atom is 0.245 e. The van der Waals surface area contributed by atoms with Crippen molar-refractivity contribution in [2.75, 3.05) is 26.7 Å². The molecule has 14 heteroatoms. The molecule has 2 aromatic carbocycles. The third kappa shape index (κ3) is 11.7. The first-order valence-corrected chi connectivity index (χ1v) is 13.4. The van der Waals surface area contributed by atoms with Gasteiger partial charge in [0.05, 0.1) is 6.61 Å². The van der Waals surface area contributed by atoms with Gasteiger partial charge < -0.3 is 48.7 Å². The van der Waals surface area contributed by atoms with Crippen LogP contribution in [0.2, 0.25) is 0 Å². The Morgan fingerprint density at radius 2 is 1.48 bits per heavy atom. The maximum absolute atomic E-state index is 13.6. The Balaban J connectivity index is 2.30. The summed E-state index contributed by atoms with van der Waals surface area (Å²) in [7, 11) is 1.53. The number of aliphatic hydroxyl groups excluding tert-OH is 1. The minimum absolute atomic E-state index is 0.0586. The highest BCUT2D eigenvalue weighted by atomic mass is 16.3. The van der Waals surface area contributed by atoms with Gasteiger partial charge in [0, 0.05) is 33.0 Å². The molecule has 0 aliphatic heterocycles. The fourth-order valence-electron chi connectivity index (χ4n) is 4.12. The summed E-state index contributed by atoms with van der Waals surface area (Å²) in [6.45, 7) is 0.0412.